The van der Waals surface area contributed by atoms with Crippen LogP contribution in [0.4, 0.5) is 5.69 Å². The highest BCUT2D eigenvalue weighted by Crippen LogP contribution is 2.26. The Labute approximate surface area is 129 Å². The third-order valence-electron chi connectivity index (χ3n) is 4.53. The van der Waals surface area contributed by atoms with Gasteiger partial charge >= 0.3 is 0 Å². The highest BCUT2D eigenvalue weighted by Gasteiger charge is 2.23. The molecule has 1 aromatic rings. The van der Waals surface area contributed by atoms with E-state index in [1.165, 1.54) is 24.1 Å². The van der Waals surface area contributed by atoms with Crippen LogP contribution in [-0.4, -0.2) is 31.8 Å². The Morgan fingerprint density at radius 1 is 1.33 bits per heavy atom. The first-order chi connectivity index (χ1) is 10.1. The van der Waals surface area contributed by atoms with Crippen LogP contribution < -0.4 is 10.2 Å². The van der Waals surface area contributed by atoms with Gasteiger partial charge in [-0.2, -0.15) is 0 Å². The fraction of sp³-hybridized carbons (Fsp3) is 0.667. The topological polar surface area (TPSA) is 24.5 Å². The second kappa shape index (κ2) is 7.28. The van der Waals surface area contributed by atoms with E-state index in [9.17, 15) is 0 Å². The van der Waals surface area contributed by atoms with Gasteiger partial charge in [-0.1, -0.05) is 31.5 Å². The number of para-hydroxylation sites is 1. The number of methoxy groups -OCH3 is 1. The first kappa shape index (κ1) is 16.3. The maximum atomic E-state index is 5.58. The normalized spacial score (nSPS) is 19.2. The van der Waals surface area contributed by atoms with Crippen molar-refractivity contribution >= 4 is 5.69 Å². The molecule has 1 aliphatic heterocycles. The van der Waals surface area contributed by atoms with Crippen LogP contribution in [0.3, 0.4) is 0 Å². The van der Waals surface area contributed by atoms with Crippen molar-refractivity contribution in [1.82, 2.24) is 5.32 Å². The van der Waals surface area contributed by atoms with E-state index in [1.807, 2.05) is 0 Å². The summed E-state index contributed by atoms with van der Waals surface area (Å²) in [6.45, 7) is 9.70. The lowest BCUT2D eigenvalue weighted by atomic mass is 10.0. The van der Waals surface area contributed by atoms with Gasteiger partial charge in [-0.15, -0.1) is 0 Å². The van der Waals surface area contributed by atoms with Crippen LogP contribution in [0.5, 0.6) is 0 Å². The summed E-state index contributed by atoms with van der Waals surface area (Å²) in [5.74, 6) is 0. The number of ether oxygens (including phenoxy) is 1. The van der Waals surface area contributed by atoms with Crippen LogP contribution in [0, 0.1) is 0 Å². The standard InChI is InChI=1S/C18H30N2O/c1-5-8-16-14-20(12-11-18(2,3)21-4)17-10-7-6-9-15(17)13-19-16/h6-7,9-10,16,19H,5,8,11-14H2,1-4H3. The Balaban J connectivity index is 2.14. The van der Waals surface area contributed by atoms with Crippen molar-refractivity contribution in [3.8, 4) is 0 Å². The van der Waals surface area contributed by atoms with Crippen LogP contribution >= 0.6 is 0 Å². The largest absolute Gasteiger partial charge is 0.379 e. The van der Waals surface area contributed by atoms with Crippen LogP contribution in [0.15, 0.2) is 24.3 Å². The van der Waals surface area contributed by atoms with Gasteiger partial charge in [-0.3, -0.25) is 0 Å². The zero-order valence-electron chi connectivity index (χ0n) is 14.0. The quantitative estimate of drug-likeness (QED) is 0.866. The number of fused-ring (bicyclic) bond motifs is 1. The van der Waals surface area contributed by atoms with Crippen molar-refractivity contribution in [1.29, 1.82) is 0 Å². The molecule has 1 aromatic carbocycles. The Kier molecular flexibility index (Phi) is 5.65. The molecule has 21 heavy (non-hydrogen) atoms. The minimum Gasteiger partial charge on any atom is -0.379 e. The summed E-state index contributed by atoms with van der Waals surface area (Å²) in [6.07, 6.45) is 3.50. The van der Waals surface area contributed by atoms with Gasteiger partial charge in [0.05, 0.1) is 5.60 Å². The number of nitrogens with zero attached hydrogens (tertiary/aromatic N) is 1. The Morgan fingerprint density at radius 3 is 2.81 bits per heavy atom. The number of nitrogens with one attached hydrogen (secondary N) is 1. The lowest BCUT2D eigenvalue weighted by Gasteiger charge is -2.31. The second-order valence-corrected chi connectivity index (χ2v) is 6.66. The molecule has 1 atom stereocenters. The zero-order chi connectivity index (χ0) is 15.3. The molecule has 1 N–H and O–H groups in total. The van der Waals surface area contributed by atoms with E-state index in [-0.39, 0.29) is 5.60 Å². The van der Waals surface area contributed by atoms with Crippen molar-refractivity contribution in [2.24, 2.45) is 0 Å². The molecular formula is C18H30N2O. The van der Waals surface area contributed by atoms with Crippen molar-refractivity contribution in [3.05, 3.63) is 29.8 Å². The SMILES string of the molecule is CCCC1CN(CCC(C)(C)OC)c2ccccc2CN1. The summed E-state index contributed by atoms with van der Waals surface area (Å²) in [5.41, 5.74) is 2.73. The minimum absolute atomic E-state index is 0.0606. The number of benzene rings is 1. The molecule has 1 aliphatic rings. The molecule has 0 aliphatic carbocycles. The fourth-order valence-corrected chi connectivity index (χ4v) is 2.91. The average Bonchev–Trinajstić information content (AvgIpc) is 2.66. The van der Waals surface area contributed by atoms with Gasteiger partial charge in [0.15, 0.2) is 0 Å². The lowest BCUT2D eigenvalue weighted by molar-refractivity contribution is 0.0171. The van der Waals surface area contributed by atoms with E-state index in [4.69, 9.17) is 4.74 Å². The summed E-state index contributed by atoms with van der Waals surface area (Å²) in [4.78, 5) is 2.54. The number of anilines is 1. The molecule has 1 unspecified atom stereocenters. The summed E-state index contributed by atoms with van der Waals surface area (Å²) in [6, 6.07) is 9.36. The van der Waals surface area contributed by atoms with E-state index in [1.54, 1.807) is 7.11 Å². The van der Waals surface area contributed by atoms with Gasteiger partial charge in [0.25, 0.3) is 0 Å². The molecule has 3 heteroatoms. The van der Waals surface area contributed by atoms with E-state index in [0.717, 1.165) is 26.1 Å². The molecule has 0 radical (unpaired) electrons. The monoisotopic (exact) mass is 290 g/mol. The van der Waals surface area contributed by atoms with E-state index >= 15 is 0 Å². The molecule has 0 fully saturated rings. The van der Waals surface area contributed by atoms with Crippen LogP contribution in [-0.2, 0) is 11.3 Å². The van der Waals surface area contributed by atoms with Crippen molar-refractivity contribution in [2.75, 3.05) is 25.1 Å². The highest BCUT2D eigenvalue weighted by molar-refractivity contribution is 5.54. The van der Waals surface area contributed by atoms with Gasteiger partial charge in [-0.25, -0.2) is 0 Å². The van der Waals surface area contributed by atoms with Crippen molar-refractivity contribution < 1.29 is 4.74 Å². The third kappa shape index (κ3) is 4.45. The van der Waals surface area contributed by atoms with E-state index in [2.05, 4.69) is 55.3 Å². The first-order valence-electron chi connectivity index (χ1n) is 8.17. The summed E-state index contributed by atoms with van der Waals surface area (Å²) < 4.78 is 5.58. The molecule has 0 saturated heterocycles. The Hall–Kier alpha value is -1.06. The van der Waals surface area contributed by atoms with Gasteiger partial charge < -0.3 is 15.0 Å². The van der Waals surface area contributed by atoms with Crippen molar-refractivity contribution in [3.63, 3.8) is 0 Å². The molecule has 0 bridgehead atoms. The van der Waals surface area contributed by atoms with Crippen LogP contribution in [0.2, 0.25) is 0 Å². The molecule has 0 amide bonds. The van der Waals surface area contributed by atoms with E-state index in [0.29, 0.717) is 6.04 Å². The summed E-state index contributed by atoms with van der Waals surface area (Å²) in [7, 11) is 1.80. The molecule has 1 heterocycles. The number of hydrogen-bond donors (Lipinski definition) is 1. The lowest BCUT2D eigenvalue weighted by Crippen LogP contribution is -2.40. The third-order valence-corrected chi connectivity index (χ3v) is 4.53. The highest BCUT2D eigenvalue weighted by atomic mass is 16.5. The van der Waals surface area contributed by atoms with Gasteiger partial charge in [-0.05, 0) is 38.3 Å². The van der Waals surface area contributed by atoms with Gasteiger partial charge in [0, 0.05) is 38.5 Å². The Morgan fingerprint density at radius 2 is 2.10 bits per heavy atom. The summed E-state index contributed by atoms with van der Waals surface area (Å²) >= 11 is 0. The molecule has 2 rings (SSSR count). The summed E-state index contributed by atoms with van der Waals surface area (Å²) in [5, 5.41) is 3.71. The zero-order valence-corrected chi connectivity index (χ0v) is 14.0. The first-order valence-corrected chi connectivity index (χ1v) is 8.17. The predicted molar refractivity (Wildman–Crippen MR) is 89.9 cm³/mol. The van der Waals surface area contributed by atoms with Crippen LogP contribution in [0.25, 0.3) is 0 Å². The Bertz CT molecular complexity index is 445. The molecule has 3 nitrogen and oxygen atoms in total. The number of hydrogen-bond acceptors (Lipinski definition) is 3. The van der Waals surface area contributed by atoms with Crippen LogP contribution in [0.1, 0.15) is 45.6 Å². The fourth-order valence-electron chi connectivity index (χ4n) is 2.91. The maximum Gasteiger partial charge on any atom is 0.0639 e. The van der Waals surface area contributed by atoms with Gasteiger partial charge in [0.2, 0.25) is 0 Å². The number of rotatable bonds is 6. The smallest absolute Gasteiger partial charge is 0.0639 e. The van der Waals surface area contributed by atoms with Crippen molar-refractivity contribution in [2.45, 2.75) is 58.2 Å². The average molecular weight is 290 g/mol. The minimum atomic E-state index is -0.0606. The second-order valence-electron chi connectivity index (χ2n) is 6.66. The molecule has 0 saturated carbocycles. The predicted octanol–water partition coefficient (Wildman–Crippen LogP) is 3.58. The molecule has 0 aromatic heterocycles. The van der Waals surface area contributed by atoms with Gasteiger partial charge in [0.1, 0.15) is 0 Å². The van der Waals surface area contributed by atoms with E-state index < -0.39 is 0 Å². The molecular weight excluding hydrogens is 260 g/mol. The molecule has 118 valence electrons. The maximum absolute atomic E-state index is 5.58. The molecule has 0 spiro atoms.